The fraction of sp³-hybridized carbons (Fsp3) is 0.462. The van der Waals surface area contributed by atoms with Crippen LogP contribution in [0, 0.1) is 0 Å². The smallest absolute Gasteiger partial charge is 0.238 e. The molecule has 0 fully saturated rings. The van der Waals surface area contributed by atoms with E-state index in [1.54, 1.807) is 11.8 Å². The maximum atomic E-state index is 11.6. The Kier molecular flexibility index (Phi) is 7.48. The van der Waals surface area contributed by atoms with Crippen LogP contribution in [0.4, 0.5) is 5.69 Å². The monoisotopic (exact) mass is 268 g/mol. The van der Waals surface area contributed by atoms with Gasteiger partial charge in [0.2, 0.25) is 5.91 Å². The number of anilines is 1. The van der Waals surface area contributed by atoms with Crippen molar-refractivity contribution in [2.45, 2.75) is 12.5 Å². The molecule has 0 aromatic heterocycles. The molecule has 100 valence electrons. The number of carbonyl (C=O) groups excluding carboxylic acids is 1. The summed E-state index contributed by atoms with van der Waals surface area (Å²) >= 11 is 1.73. The van der Waals surface area contributed by atoms with Gasteiger partial charge in [-0.15, -0.1) is 0 Å². The molecule has 4 nitrogen and oxygen atoms in total. The highest BCUT2D eigenvalue weighted by molar-refractivity contribution is 7.98. The van der Waals surface area contributed by atoms with Crippen molar-refractivity contribution in [3.8, 4) is 0 Å². The first-order chi connectivity index (χ1) is 8.76. The van der Waals surface area contributed by atoms with Gasteiger partial charge in [-0.25, -0.2) is 0 Å². The highest BCUT2D eigenvalue weighted by Crippen LogP contribution is 2.04. The average molecular weight is 268 g/mol. The molecule has 5 heteroatoms. The molecule has 0 radical (unpaired) electrons. The molecular formula is C13H20N2O2S. The SMILES string of the molecule is CSCCC(CO)NCC(=O)Nc1ccccc1. The van der Waals surface area contributed by atoms with E-state index in [0.29, 0.717) is 0 Å². The van der Waals surface area contributed by atoms with Gasteiger partial charge in [0.15, 0.2) is 0 Å². The van der Waals surface area contributed by atoms with E-state index >= 15 is 0 Å². The molecule has 1 aromatic rings. The lowest BCUT2D eigenvalue weighted by atomic mass is 10.2. The zero-order valence-corrected chi connectivity index (χ0v) is 11.4. The number of benzene rings is 1. The molecule has 1 atom stereocenters. The van der Waals surface area contributed by atoms with Crippen molar-refractivity contribution >= 4 is 23.4 Å². The number of thioether (sulfide) groups is 1. The predicted molar refractivity (Wildman–Crippen MR) is 76.9 cm³/mol. The summed E-state index contributed by atoms with van der Waals surface area (Å²) in [5.74, 6) is 0.877. The first-order valence-corrected chi connectivity index (χ1v) is 7.33. The van der Waals surface area contributed by atoms with E-state index in [1.807, 2.05) is 36.6 Å². The summed E-state index contributed by atoms with van der Waals surface area (Å²) in [5.41, 5.74) is 0.786. The van der Waals surface area contributed by atoms with E-state index in [0.717, 1.165) is 17.9 Å². The summed E-state index contributed by atoms with van der Waals surface area (Å²) < 4.78 is 0. The van der Waals surface area contributed by atoms with Gasteiger partial charge in [0.1, 0.15) is 0 Å². The van der Waals surface area contributed by atoms with Crippen molar-refractivity contribution in [3.05, 3.63) is 30.3 Å². The summed E-state index contributed by atoms with van der Waals surface area (Å²) in [4.78, 5) is 11.6. The van der Waals surface area contributed by atoms with Crippen LogP contribution in [0.15, 0.2) is 30.3 Å². The number of amides is 1. The van der Waals surface area contributed by atoms with Crippen LogP contribution in [0.25, 0.3) is 0 Å². The van der Waals surface area contributed by atoms with Crippen LogP contribution in [0.3, 0.4) is 0 Å². The molecule has 0 saturated heterocycles. The molecule has 0 aliphatic carbocycles. The van der Waals surface area contributed by atoms with Crippen molar-refractivity contribution in [1.82, 2.24) is 5.32 Å². The first-order valence-electron chi connectivity index (χ1n) is 5.94. The van der Waals surface area contributed by atoms with Gasteiger partial charge in [-0.3, -0.25) is 4.79 Å². The molecule has 0 spiro atoms. The number of aliphatic hydroxyl groups excluding tert-OH is 1. The van der Waals surface area contributed by atoms with Crippen LogP contribution in [-0.2, 0) is 4.79 Å². The summed E-state index contributed by atoms with van der Waals surface area (Å²) in [6, 6.07) is 9.32. The largest absolute Gasteiger partial charge is 0.395 e. The summed E-state index contributed by atoms with van der Waals surface area (Å²) in [7, 11) is 0. The molecule has 3 N–H and O–H groups in total. The molecular weight excluding hydrogens is 248 g/mol. The molecule has 18 heavy (non-hydrogen) atoms. The van der Waals surface area contributed by atoms with Crippen LogP contribution in [0.5, 0.6) is 0 Å². The third-order valence-corrected chi connectivity index (χ3v) is 3.14. The van der Waals surface area contributed by atoms with E-state index in [1.165, 1.54) is 0 Å². The van der Waals surface area contributed by atoms with Crippen LogP contribution in [-0.4, -0.2) is 42.2 Å². The van der Waals surface area contributed by atoms with Crippen molar-refractivity contribution < 1.29 is 9.90 Å². The van der Waals surface area contributed by atoms with Crippen molar-refractivity contribution in [3.63, 3.8) is 0 Å². The van der Waals surface area contributed by atoms with Crippen LogP contribution in [0.1, 0.15) is 6.42 Å². The molecule has 0 aliphatic heterocycles. The lowest BCUT2D eigenvalue weighted by molar-refractivity contribution is -0.115. The van der Waals surface area contributed by atoms with Gasteiger partial charge in [0, 0.05) is 11.7 Å². The predicted octanol–water partition coefficient (Wildman–Crippen LogP) is 1.33. The Morgan fingerprint density at radius 2 is 2.11 bits per heavy atom. The Morgan fingerprint density at radius 1 is 1.39 bits per heavy atom. The maximum Gasteiger partial charge on any atom is 0.238 e. The lowest BCUT2D eigenvalue weighted by Gasteiger charge is -2.15. The third-order valence-electron chi connectivity index (χ3n) is 2.50. The van der Waals surface area contributed by atoms with E-state index in [2.05, 4.69) is 10.6 Å². The average Bonchev–Trinajstić information content (AvgIpc) is 2.40. The molecule has 1 unspecified atom stereocenters. The highest BCUT2D eigenvalue weighted by Gasteiger charge is 2.08. The third kappa shape index (κ3) is 6.05. The van der Waals surface area contributed by atoms with Crippen molar-refractivity contribution in [1.29, 1.82) is 0 Å². The Labute approximate surface area is 112 Å². The molecule has 0 aliphatic rings. The molecule has 0 saturated carbocycles. The van der Waals surface area contributed by atoms with Gasteiger partial charge in [0.25, 0.3) is 0 Å². The summed E-state index contributed by atoms with van der Waals surface area (Å²) in [5, 5.41) is 15.0. The van der Waals surface area contributed by atoms with Gasteiger partial charge in [0.05, 0.1) is 13.2 Å². The summed E-state index contributed by atoms with van der Waals surface area (Å²) in [6.07, 6.45) is 2.88. The van der Waals surface area contributed by atoms with E-state index in [-0.39, 0.29) is 25.1 Å². The standard InChI is InChI=1S/C13H20N2O2S/c1-18-8-7-12(10-16)14-9-13(17)15-11-5-3-2-4-6-11/h2-6,12,14,16H,7-10H2,1H3,(H,15,17). The number of hydrogen-bond acceptors (Lipinski definition) is 4. The number of nitrogens with one attached hydrogen (secondary N) is 2. The van der Waals surface area contributed by atoms with Crippen molar-refractivity contribution in [2.75, 3.05) is 30.5 Å². The lowest BCUT2D eigenvalue weighted by Crippen LogP contribution is -2.38. The molecule has 0 heterocycles. The van der Waals surface area contributed by atoms with Crippen LogP contribution >= 0.6 is 11.8 Å². The minimum absolute atomic E-state index is 0.0148. The number of para-hydroxylation sites is 1. The first kappa shape index (κ1) is 15.0. The maximum absolute atomic E-state index is 11.6. The van der Waals surface area contributed by atoms with Gasteiger partial charge >= 0.3 is 0 Å². The van der Waals surface area contributed by atoms with E-state index in [9.17, 15) is 4.79 Å². The summed E-state index contributed by atoms with van der Waals surface area (Å²) in [6.45, 7) is 0.272. The zero-order valence-electron chi connectivity index (χ0n) is 10.6. The van der Waals surface area contributed by atoms with Crippen molar-refractivity contribution in [2.24, 2.45) is 0 Å². The number of hydrogen-bond donors (Lipinski definition) is 3. The molecule has 0 bridgehead atoms. The highest BCUT2D eigenvalue weighted by atomic mass is 32.2. The van der Waals surface area contributed by atoms with Crippen LogP contribution < -0.4 is 10.6 Å². The quantitative estimate of drug-likeness (QED) is 0.665. The number of carbonyl (C=O) groups is 1. The van der Waals surface area contributed by atoms with E-state index < -0.39 is 0 Å². The minimum atomic E-state index is -0.0937. The second kappa shape index (κ2) is 8.97. The topological polar surface area (TPSA) is 61.4 Å². The van der Waals surface area contributed by atoms with E-state index in [4.69, 9.17) is 5.11 Å². The van der Waals surface area contributed by atoms with Gasteiger partial charge in [-0.2, -0.15) is 11.8 Å². The Morgan fingerprint density at radius 3 is 2.72 bits per heavy atom. The number of rotatable bonds is 8. The fourth-order valence-corrected chi connectivity index (χ4v) is 2.00. The Bertz CT molecular complexity index is 346. The van der Waals surface area contributed by atoms with Crippen LogP contribution in [0.2, 0.25) is 0 Å². The van der Waals surface area contributed by atoms with Gasteiger partial charge in [-0.1, -0.05) is 18.2 Å². The minimum Gasteiger partial charge on any atom is -0.395 e. The Hall–Kier alpha value is -1.04. The van der Waals surface area contributed by atoms with Gasteiger partial charge < -0.3 is 15.7 Å². The number of aliphatic hydroxyl groups is 1. The molecule has 1 rings (SSSR count). The Balaban J connectivity index is 2.27. The molecule has 1 aromatic carbocycles. The fourth-order valence-electron chi connectivity index (χ4n) is 1.48. The second-order valence-corrected chi connectivity index (χ2v) is 4.94. The normalized spacial score (nSPS) is 12.1. The second-order valence-electron chi connectivity index (χ2n) is 3.96. The van der Waals surface area contributed by atoms with Gasteiger partial charge in [-0.05, 0) is 30.6 Å². The molecule has 1 amide bonds. The zero-order chi connectivity index (χ0) is 13.2.